The lowest BCUT2D eigenvalue weighted by molar-refractivity contribution is -0.0676. The molecule has 1 atom stereocenters. The minimum atomic E-state index is -1.02. The molecule has 0 fully saturated rings. The standard InChI is InChI=1S/C9H15N3O/c1-5-8(4,13)7(2,3)9(6-10)11-12-9/h13H,5H2,1-4H3. The number of rotatable bonds is 3. The van der Waals surface area contributed by atoms with Crippen molar-refractivity contribution in [1.82, 2.24) is 0 Å². The van der Waals surface area contributed by atoms with Crippen LogP contribution in [0, 0.1) is 16.7 Å². The second-order valence-electron chi connectivity index (χ2n) is 4.24. The third kappa shape index (κ3) is 1.15. The van der Waals surface area contributed by atoms with Gasteiger partial charge in [0.05, 0.1) is 11.0 Å². The summed E-state index contributed by atoms with van der Waals surface area (Å²) < 4.78 is 0. The van der Waals surface area contributed by atoms with Gasteiger partial charge < -0.3 is 5.11 Å². The number of hydrogen-bond donors (Lipinski definition) is 1. The smallest absolute Gasteiger partial charge is 0.282 e. The van der Waals surface area contributed by atoms with Crippen LogP contribution in [-0.2, 0) is 0 Å². The van der Waals surface area contributed by atoms with Gasteiger partial charge in [0.15, 0.2) is 0 Å². The van der Waals surface area contributed by atoms with Crippen LogP contribution in [0.15, 0.2) is 10.2 Å². The van der Waals surface area contributed by atoms with E-state index < -0.39 is 16.7 Å². The largest absolute Gasteiger partial charge is 0.389 e. The lowest BCUT2D eigenvalue weighted by atomic mass is 9.67. The first kappa shape index (κ1) is 10.1. The van der Waals surface area contributed by atoms with Gasteiger partial charge >= 0.3 is 0 Å². The Bertz CT molecular complexity index is 280. The monoisotopic (exact) mass is 181 g/mol. The molecule has 1 rings (SSSR count). The van der Waals surface area contributed by atoms with Crippen LogP contribution in [0.5, 0.6) is 0 Å². The Hall–Kier alpha value is -0.950. The molecule has 0 saturated carbocycles. The summed E-state index contributed by atoms with van der Waals surface area (Å²) in [5.74, 6) is 0. The summed E-state index contributed by atoms with van der Waals surface area (Å²) in [7, 11) is 0. The molecule has 1 aliphatic rings. The molecule has 1 unspecified atom stereocenters. The molecule has 0 saturated heterocycles. The van der Waals surface area contributed by atoms with Gasteiger partial charge in [-0.2, -0.15) is 5.26 Å². The van der Waals surface area contributed by atoms with Crippen LogP contribution in [0.25, 0.3) is 0 Å². The first-order chi connectivity index (χ1) is 5.83. The topological polar surface area (TPSA) is 68.7 Å². The Morgan fingerprint density at radius 3 is 2.08 bits per heavy atom. The Morgan fingerprint density at radius 2 is 1.85 bits per heavy atom. The lowest BCUT2D eigenvalue weighted by Gasteiger charge is -2.40. The Balaban J connectivity index is 2.96. The lowest BCUT2D eigenvalue weighted by Crippen LogP contribution is -2.50. The van der Waals surface area contributed by atoms with Gasteiger partial charge in [-0.1, -0.05) is 20.8 Å². The molecular weight excluding hydrogens is 166 g/mol. The average Bonchev–Trinajstić information content (AvgIpc) is 2.84. The van der Waals surface area contributed by atoms with Crippen LogP contribution in [0.4, 0.5) is 0 Å². The van der Waals surface area contributed by atoms with Crippen molar-refractivity contribution in [2.24, 2.45) is 15.6 Å². The van der Waals surface area contributed by atoms with Gasteiger partial charge in [0, 0.05) is 0 Å². The molecule has 0 bridgehead atoms. The summed E-state index contributed by atoms with van der Waals surface area (Å²) in [6.07, 6.45) is 0.578. The predicted octanol–water partition coefficient (Wildman–Crippen LogP) is 1.86. The van der Waals surface area contributed by atoms with Crippen LogP contribution >= 0.6 is 0 Å². The van der Waals surface area contributed by atoms with Crippen LogP contribution in [0.2, 0.25) is 0 Å². The second kappa shape index (κ2) is 2.52. The van der Waals surface area contributed by atoms with Gasteiger partial charge in [-0.15, -0.1) is 10.2 Å². The maximum atomic E-state index is 10.1. The molecule has 13 heavy (non-hydrogen) atoms. The molecule has 1 N–H and O–H groups in total. The van der Waals surface area contributed by atoms with Crippen LogP contribution < -0.4 is 0 Å². The van der Waals surface area contributed by atoms with Crippen LogP contribution in [-0.4, -0.2) is 16.4 Å². The van der Waals surface area contributed by atoms with E-state index >= 15 is 0 Å². The van der Waals surface area contributed by atoms with E-state index in [0.29, 0.717) is 6.42 Å². The maximum absolute atomic E-state index is 10.1. The second-order valence-corrected chi connectivity index (χ2v) is 4.24. The zero-order valence-electron chi connectivity index (χ0n) is 8.50. The summed E-state index contributed by atoms with van der Waals surface area (Å²) >= 11 is 0. The fourth-order valence-corrected chi connectivity index (χ4v) is 1.30. The average molecular weight is 181 g/mol. The molecule has 0 aromatic rings. The summed E-state index contributed by atoms with van der Waals surface area (Å²) in [5, 5.41) is 26.5. The molecule has 0 aliphatic carbocycles. The Kier molecular flexibility index (Phi) is 1.96. The van der Waals surface area contributed by atoms with Gasteiger partial charge in [0.2, 0.25) is 0 Å². The van der Waals surface area contributed by atoms with Gasteiger partial charge in [0.1, 0.15) is 6.07 Å². The molecule has 0 spiro atoms. The van der Waals surface area contributed by atoms with E-state index in [-0.39, 0.29) is 0 Å². The molecule has 0 aromatic heterocycles. The number of aliphatic hydroxyl groups is 1. The minimum Gasteiger partial charge on any atom is -0.389 e. The zero-order valence-corrected chi connectivity index (χ0v) is 8.50. The SMILES string of the molecule is CCC(C)(O)C(C)(C)C1(C#N)N=N1. The van der Waals surface area contributed by atoms with Gasteiger partial charge in [0.25, 0.3) is 5.66 Å². The fourth-order valence-electron chi connectivity index (χ4n) is 1.30. The van der Waals surface area contributed by atoms with Crippen molar-refractivity contribution in [3.63, 3.8) is 0 Å². The molecule has 0 radical (unpaired) electrons. The highest BCUT2D eigenvalue weighted by Crippen LogP contribution is 2.51. The van der Waals surface area contributed by atoms with Crippen molar-refractivity contribution in [3.05, 3.63) is 0 Å². The molecule has 4 heteroatoms. The summed E-state index contributed by atoms with van der Waals surface area (Å²) in [4.78, 5) is 0. The Labute approximate surface area is 78.3 Å². The van der Waals surface area contributed by atoms with Crippen molar-refractivity contribution in [3.8, 4) is 6.07 Å². The summed E-state index contributed by atoms with van der Waals surface area (Å²) in [6.45, 7) is 7.24. The highest BCUT2D eigenvalue weighted by atomic mass is 16.3. The zero-order chi connectivity index (χ0) is 10.3. The van der Waals surface area contributed by atoms with Crippen molar-refractivity contribution in [2.75, 3.05) is 0 Å². The first-order valence-corrected chi connectivity index (χ1v) is 4.41. The number of nitriles is 1. The van der Waals surface area contributed by atoms with Crippen LogP contribution in [0.1, 0.15) is 34.1 Å². The van der Waals surface area contributed by atoms with Crippen molar-refractivity contribution in [1.29, 1.82) is 5.26 Å². The number of nitrogens with zero attached hydrogens (tertiary/aromatic N) is 3. The highest BCUT2D eigenvalue weighted by Gasteiger charge is 2.62. The molecule has 0 amide bonds. The molecule has 1 heterocycles. The highest BCUT2D eigenvalue weighted by molar-refractivity contribution is 5.23. The fraction of sp³-hybridized carbons (Fsp3) is 0.889. The minimum absolute atomic E-state index is 0.578. The number of hydrogen-bond acceptors (Lipinski definition) is 4. The van der Waals surface area contributed by atoms with Gasteiger partial charge in [-0.25, -0.2) is 0 Å². The van der Waals surface area contributed by atoms with E-state index in [0.717, 1.165) is 0 Å². The van der Waals surface area contributed by atoms with E-state index in [1.165, 1.54) is 0 Å². The molecule has 0 aromatic carbocycles. The van der Waals surface area contributed by atoms with Crippen molar-refractivity contribution < 1.29 is 5.11 Å². The maximum Gasteiger partial charge on any atom is 0.282 e. The van der Waals surface area contributed by atoms with Crippen molar-refractivity contribution in [2.45, 2.75) is 45.4 Å². The van der Waals surface area contributed by atoms with E-state index in [9.17, 15) is 5.11 Å². The normalized spacial score (nSPS) is 23.4. The van der Waals surface area contributed by atoms with E-state index in [1.54, 1.807) is 6.92 Å². The predicted molar refractivity (Wildman–Crippen MR) is 47.9 cm³/mol. The van der Waals surface area contributed by atoms with Gasteiger partial charge in [-0.05, 0) is 13.3 Å². The molecule has 1 aliphatic heterocycles. The van der Waals surface area contributed by atoms with E-state index in [2.05, 4.69) is 10.2 Å². The van der Waals surface area contributed by atoms with E-state index in [4.69, 9.17) is 5.26 Å². The quantitative estimate of drug-likeness (QED) is 0.722. The molecule has 4 nitrogen and oxygen atoms in total. The van der Waals surface area contributed by atoms with Gasteiger partial charge in [-0.3, -0.25) is 0 Å². The summed E-state index contributed by atoms with van der Waals surface area (Å²) in [5.41, 5.74) is -2.58. The first-order valence-electron chi connectivity index (χ1n) is 4.41. The Morgan fingerprint density at radius 1 is 1.38 bits per heavy atom. The molecule has 72 valence electrons. The van der Waals surface area contributed by atoms with E-state index in [1.807, 2.05) is 26.8 Å². The van der Waals surface area contributed by atoms with Crippen molar-refractivity contribution >= 4 is 0 Å². The molecular formula is C9H15N3O. The summed E-state index contributed by atoms with van der Waals surface area (Å²) in [6, 6.07) is 2.04. The van der Waals surface area contributed by atoms with Crippen LogP contribution in [0.3, 0.4) is 0 Å². The third-order valence-corrected chi connectivity index (χ3v) is 3.36. The third-order valence-electron chi connectivity index (χ3n) is 3.36.